The molecule has 0 amide bonds. The molecule has 0 fully saturated rings. The van der Waals surface area contributed by atoms with E-state index >= 15 is 0 Å². The summed E-state index contributed by atoms with van der Waals surface area (Å²) in [5.74, 6) is 1.88. The first kappa shape index (κ1) is 16.2. The van der Waals surface area contributed by atoms with Gasteiger partial charge in [0.25, 0.3) is 0 Å². The highest BCUT2D eigenvalue weighted by Gasteiger charge is 2.21. The maximum atomic E-state index is 4.56. The van der Waals surface area contributed by atoms with Gasteiger partial charge in [0.05, 0.1) is 6.04 Å². The fourth-order valence-electron chi connectivity index (χ4n) is 2.94. The molecule has 1 aromatic heterocycles. The van der Waals surface area contributed by atoms with E-state index in [4.69, 9.17) is 0 Å². The van der Waals surface area contributed by atoms with Gasteiger partial charge in [-0.3, -0.25) is 0 Å². The predicted molar refractivity (Wildman–Crippen MR) is 82.2 cm³/mol. The molecular formula is C16H31N3. The number of aryl methyl sites for hydroxylation is 1. The maximum Gasteiger partial charge on any atom is 0.125 e. The Labute approximate surface area is 118 Å². The number of rotatable bonds is 7. The van der Waals surface area contributed by atoms with Crippen LogP contribution in [0.3, 0.4) is 0 Å². The summed E-state index contributed by atoms with van der Waals surface area (Å²) < 4.78 is 2.28. The third-order valence-corrected chi connectivity index (χ3v) is 3.47. The minimum absolute atomic E-state index is 0.360. The molecule has 0 aromatic carbocycles. The molecule has 0 bridgehead atoms. The molecule has 0 aliphatic heterocycles. The maximum absolute atomic E-state index is 4.56. The minimum Gasteiger partial charge on any atom is -0.334 e. The van der Waals surface area contributed by atoms with Crippen molar-refractivity contribution >= 4 is 0 Å². The molecule has 0 saturated carbocycles. The van der Waals surface area contributed by atoms with Gasteiger partial charge >= 0.3 is 0 Å². The minimum atomic E-state index is 0.360. The molecule has 0 aliphatic carbocycles. The molecular weight excluding hydrogens is 234 g/mol. The van der Waals surface area contributed by atoms with Crippen LogP contribution in [0, 0.1) is 11.3 Å². The van der Waals surface area contributed by atoms with E-state index in [1.807, 2.05) is 13.2 Å². The molecule has 1 aromatic rings. The first-order valence-electron chi connectivity index (χ1n) is 7.55. The van der Waals surface area contributed by atoms with E-state index in [2.05, 4.69) is 55.7 Å². The van der Waals surface area contributed by atoms with Crippen molar-refractivity contribution in [2.45, 2.75) is 66.5 Å². The van der Waals surface area contributed by atoms with Crippen LogP contribution in [0.1, 0.15) is 65.7 Å². The van der Waals surface area contributed by atoms with E-state index < -0.39 is 0 Å². The van der Waals surface area contributed by atoms with E-state index in [0.29, 0.717) is 17.4 Å². The highest BCUT2D eigenvalue weighted by Crippen LogP contribution is 2.30. The first-order chi connectivity index (χ1) is 8.87. The van der Waals surface area contributed by atoms with Gasteiger partial charge < -0.3 is 9.88 Å². The molecule has 1 rings (SSSR count). The Bertz CT molecular complexity index is 362. The number of hydrogen-bond donors (Lipinski definition) is 1. The van der Waals surface area contributed by atoms with Crippen LogP contribution in [0.4, 0.5) is 0 Å². The Morgan fingerprint density at radius 3 is 2.58 bits per heavy atom. The quantitative estimate of drug-likeness (QED) is 0.807. The second-order valence-electron chi connectivity index (χ2n) is 6.93. The molecule has 0 saturated heterocycles. The van der Waals surface area contributed by atoms with Crippen LogP contribution < -0.4 is 5.32 Å². The summed E-state index contributed by atoms with van der Waals surface area (Å²) in [5, 5.41) is 3.44. The molecule has 0 radical (unpaired) electrons. The average molecular weight is 265 g/mol. The van der Waals surface area contributed by atoms with Gasteiger partial charge in [-0.25, -0.2) is 4.98 Å². The van der Waals surface area contributed by atoms with Crippen molar-refractivity contribution < 1.29 is 0 Å². The molecule has 0 aliphatic rings. The van der Waals surface area contributed by atoms with Gasteiger partial charge in [0.1, 0.15) is 5.82 Å². The largest absolute Gasteiger partial charge is 0.334 e. The van der Waals surface area contributed by atoms with Crippen molar-refractivity contribution in [2.24, 2.45) is 11.3 Å². The SMILES string of the molecule is CCCn1ccnc1C(CC(C)CC(C)(C)C)NC. The van der Waals surface area contributed by atoms with Gasteiger partial charge in [0.2, 0.25) is 0 Å². The van der Waals surface area contributed by atoms with Crippen molar-refractivity contribution in [3.8, 4) is 0 Å². The smallest absolute Gasteiger partial charge is 0.125 e. The van der Waals surface area contributed by atoms with Crippen LogP contribution in [-0.4, -0.2) is 16.6 Å². The van der Waals surface area contributed by atoms with Crippen molar-refractivity contribution in [1.29, 1.82) is 0 Å². The summed E-state index contributed by atoms with van der Waals surface area (Å²) in [6.07, 6.45) is 7.56. The van der Waals surface area contributed by atoms with Crippen molar-refractivity contribution in [1.82, 2.24) is 14.9 Å². The lowest BCUT2D eigenvalue weighted by Crippen LogP contribution is -2.24. The summed E-state index contributed by atoms with van der Waals surface area (Å²) >= 11 is 0. The van der Waals surface area contributed by atoms with Gasteiger partial charge in [-0.05, 0) is 37.6 Å². The Kier molecular flexibility index (Phi) is 6.05. The van der Waals surface area contributed by atoms with Crippen LogP contribution in [0.5, 0.6) is 0 Å². The lowest BCUT2D eigenvalue weighted by atomic mass is 9.83. The Balaban J connectivity index is 2.69. The molecule has 19 heavy (non-hydrogen) atoms. The van der Waals surface area contributed by atoms with Gasteiger partial charge in [0, 0.05) is 18.9 Å². The average Bonchev–Trinajstić information content (AvgIpc) is 2.72. The number of imidazole rings is 1. The standard InChI is InChI=1S/C16H31N3/c1-7-9-19-10-8-18-15(19)14(17-6)11-13(2)12-16(3,4)5/h8,10,13-14,17H,7,9,11-12H2,1-6H3. The van der Waals surface area contributed by atoms with E-state index in [1.54, 1.807) is 0 Å². The number of nitrogens with one attached hydrogen (secondary N) is 1. The van der Waals surface area contributed by atoms with Gasteiger partial charge in [-0.1, -0.05) is 34.6 Å². The number of aromatic nitrogens is 2. The summed E-state index contributed by atoms with van der Waals surface area (Å²) in [4.78, 5) is 4.56. The van der Waals surface area contributed by atoms with Gasteiger partial charge in [-0.2, -0.15) is 0 Å². The van der Waals surface area contributed by atoms with Gasteiger partial charge in [0.15, 0.2) is 0 Å². The van der Waals surface area contributed by atoms with E-state index in [-0.39, 0.29) is 0 Å². The number of nitrogens with zero attached hydrogens (tertiary/aromatic N) is 2. The normalized spacial score (nSPS) is 15.5. The monoisotopic (exact) mass is 265 g/mol. The molecule has 110 valence electrons. The van der Waals surface area contributed by atoms with E-state index in [1.165, 1.54) is 12.2 Å². The molecule has 0 spiro atoms. The fraction of sp³-hybridized carbons (Fsp3) is 0.812. The second-order valence-corrected chi connectivity index (χ2v) is 6.93. The Hall–Kier alpha value is -0.830. The highest BCUT2D eigenvalue weighted by molar-refractivity contribution is 5.00. The number of hydrogen-bond acceptors (Lipinski definition) is 2. The molecule has 3 nitrogen and oxygen atoms in total. The lowest BCUT2D eigenvalue weighted by Gasteiger charge is -2.26. The Morgan fingerprint density at radius 1 is 1.37 bits per heavy atom. The fourth-order valence-corrected chi connectivity index (χ4v) is 2.94. The summed E-state index contributed by atoms with van der Waals surface area (Å²) in [6, 6.07) is 0.360. The Morgan fingerprint density at radius 2 is 2.05 bits per heavy atom. The van der Waals surface area contributed by atoms with Crippen molar-refractivity contribution in [2.75, 3.05) is 7.05 Å². The topological polar surface area (TPSA) is 29.9 Å². The highest BCUT2D eigenvalue weighted by atomic mass is 15.1. The first-order valence-corrected chi connectivity index (χ1v) is 7.55. The zero-order valence-electron chi connectivity index (χ0n) is 13.5. The van der Waals surface area contributed by atoms with Crippen LogP contribution in [0.15, 0.2) is 12.4 Å². The second kappa shape index (κ2) is 7.09. The van der Waals surface area contributed by atoms with Crippen LogP contribution in [0.25, 0.3) is 0 Å². The summed E-state index contributed by atoms with van der Waals surface area (Å²) in [6.45, 7) is 12.6. The zero-order chi connectivity index (χ0) is 14.5. The van der Waals surface area contributed by atoms with Crippen LogP contribution in [-0.2, 0) is 6.54 Å². The van der Waals surface area contributed by atoms with Crippen molar-refractivity contribution in [3.05, 3.63) is 18.2 Å². The van der Waals surface area contributed by atoms with E-state index in [9.17, 15) is 0 Å². The van der Waals surface area contributed by atoms with E-state index in [0.717, 1.165) is 19.4 Å². The molecule has 2 unspecified atom stereocenters. The molecule has 1 heterocycles. The third-order valence-electron chi connectivity index (χ3n) is 3.47. The third kappa shape index (κ3) is 5.35. The van der Waals surface area contributed by atoms with Crippen molar-refractivity contribution in [3.63, 3.8) is 0 Å². The summed E-state index contributed by atoms with van der Waals surface area (Å²) in [5.41, 5.74) is 0.399. The zero-order valence-corrected chi connectivity index (χ0v) is 13.5. The van der Waals surface area contributed by atoms with Crippen LogP contribution in [0.2, 0.25) is 0 Å². The summed E-state index contributed by atoms with van der Waals surface area (Å²) in [7, 11) is 2.04. The van der Waals surface area contributed by atoms with Gasteiger partial charge in [-0.15, -0.1) is 0 Å². The predicted octanol–water partition coefficient (Wildman–Crippen LogP) is 4.02. The lowest BCUT2D eigenvalue weighted by molar-refractivity contribution is 0.274. The van der Waals surface area contributed by atoms with Crippen LogP contribution >= 0.6 is 0 Å². The molecule has 1 N–H and O–H groups in total. The molecule has 2 atom stereocenters. The molecule has 3 heteroatoms.